The number of carbonyl (C=O) groups is 2. The van der Waals surface area contributed by atoms with Crippen molar-refractivity contribution >= 4 is 17.5 Å². The van der Waals surface area contributed by atoms with Crippen molar-refractivity contribution in [3.8, 4) is 0 Å². The predicted octanol–water partition coefficient (Wildman–Crippen LogP) is 4.57. The van der Waals surface area contributed by atoms with E-state index in [1.165, 1.54) is 18.4 Å². The molecule has 1 atom stereocenters. The number of allylic oxidation sites excluding steroid dienone is 1. The molecule has 150 valence electrons. The third-order valence-electron chi connectivity index (χ3n) is 5.74. The van der Waals surface area contributed by atoms with Crippen LogP contribution >= 0.6 is 0 Å². The lowest BCUT2D eigenvalue weighted by molar-refractivity contribution is -0.122. The maximum Gasteiger partial charge on any atom is 0.250 e. The predicted molar refractivity (Wildman–Crippen MR) is 116 cm³/mol. The molecule has 0 saturated heterocycles. The standard InChI is InChI=1S/C25H28N2O2/c28-24(18-19-14-15-19)26-22(20-8-2-1-3-9-20)11-5-7-13-25(29)27-17-16-21-10-4-6-12-23(21)27/h1-4,6-10,12-13,19,22H,5,11,14-18H2,(H,26,28). The Morgan fingerprint density at radius 3 is 2.62 bits per heavy atom. The molecule has 4 rings (SSSR count). The van der Waals surface area contributed by atoms with Crippen molar-refractivity contribution < 1.29 is 9.59 Å². The van der Waals surface area contributed by atoms with E-state index >= 15 is 0 Å². The monoisotopic (exact) mass is 388 g/mol. The third kappa shape index (κ3) is 5.14. The lowest BCUT2D eigenvalue weighted by atomic mass is 10.0. The lowest BCUT2D eigenvalue weighted by Crippen LogP contribution is -2.28. The van der Waals surface area contributed by atoms with Gasteiger partial charge in [-0.05, 0) is 61.3 Å². The van der Waals surface area contributed by atoms with Gasteiger partial charge in [0.25, 0.3) is 5.91 Å². The zero-order chi connectivity index (χ0) is 20.1. The van der Waals surface area contributed by atoms with Crippen LogP contribution in [0.1, 0.15) is 49.3 Å². The Kier molecular flexibility index (Phi) is 6.09. The number of amides is 2. The van der Waals surface area contributed by atoms with E-state index in [0.29, 0.717) is 12.3 Å². The van der Waals surface area contributed by atoms with E-state index in [1.807, 2.05) is 47.4 Å². The van der Waals surface area contributed by atoms with Crippen LogP contribution in [0.2, 0.25) is 0 Å². The van der Waals surface area contributed by atoms with Gasteiger partial charge in [-0.2, -0.15) is 0 Å². The van der Waals surface area contributed by atoms with Crippen LogP contribution < -0.4 is 10.2 Å². The molecule has 0 radical (unpaired) electrons. The summed E-state index contributed by atoms with van der Waals surface area (Å²) in [6.07, 6.45) is 9.03. The molecule has 1 aliphatic carbocycles. The van der Waals surface area contributed by atoms with Crippen molar-refractivity contribution in [3.05, 3.63) is 77.9 Å². The highest BCUT2D eigenvalue weighted by atomic mass is 16.2. The van der Waals surface area contributed by atoms with E-state index in [1.54, 1.807) is 6.08 Å². The molecule has 2 aromatic rings. The summed E-state index contributed by atoms with van der Waals surface area (Å²) in [5.74, 6) is 0.742. The van der Waals surface area contributed by atoms with Crippen molar-refractivity contribution in [2.24, 2.45) is 5.92 Å². The first kappa shape index (κ1) is 19.4. The maximum atomic E-state index is 12.6. The van der Waals surface area contributed by atoms with Crippen molar-refractivity contribution in [3.63, 3.8) is 0 Å². The Labute approximate surface area is 172 Å². The Balaban J connectivity index is 1.33. The van der Waals surface area contributed by atoms with E-state index in [2.05, 4.69) is 23.5 Å². The van der Waals surface area contributed by atoms with Gasteiger partial charge in [0.2, 0.25) is 5.91 Å². The quantitative estimate of drug-likeness (QED) is 0.674. The van der Waals surface area contributed by atoms with Gasteiger partial charge in [-0.1, -0.05) is 54.6 Å². The number of rotatable bonds is 8. The van der Waals surface area contributed by atoms with Crippen molar-refractivity contribution in [1.82, 2.24) is 5.32 Å². The minimum Gasteiger partial charge on any atom is -0.349 e. The van der Waals surface area contributed by atoms with E-state index in [0.717, 1.165) is 37.1 Å². The number of carbonyl (C=O) groups excluding carboxylic acids is 2. The van der Waals surface area contributed by atoms with Crippen LogP contribution in [0.15, 0.2) is 66.7 Å². The molecule has 2 amide bonds. The van der Waals surface area contributed by atoms with Crippen LogP contribution in [0.5, 0.6) is 0 Å². The average molecular weight is 389 g/mol. The van der Waals surface area contributed by atoms with Crippen LogP contribution in [0, 0.1) is 5.92 Å². The molecular formula is C25H28N2O2. The summed E-state index contributed by atoms with van der Waals surface area (Å²) in [6, 6.07) is 18.2. The summed E-state index contributed by atoms with van der Waals surface area (Å²) in [4.78, 5) is 26.8. The number of hydrogen-bond acceptors (Lipinski definition) is 2. The van der Waals surface area contributed by atoms with E-state index in [9.17, 15) is 9.59 Å². The number of nitrogens with zero attached hydrogens (tertiary/aromatic N) is 1. The Hall–Kier alpha value is -2.88. The fourth-order valence-corrected chi connectivity index (χ4v) is 3.95. The van der Waals surface area contributed by atoms with Gasteiger partial charge in [-0.3, -0.25) is 9.59 Å². The molecule has 1 saturated carbocycles. The highest BCUT2D eigenvalue weighted by Gasteiger charge is 2.26. The highest BCUT2D eigenvalue weighted by Crippen LogP contribution is 2.32. The van der Waals surface area contributed by atoms with Gasteiger partial charge in [-0.15, -0.1) is 0 Å². The number of benzene rings is 2. The van der Waals surface area contributed by atoms with Crippen LogP contribution in [0.25, 0.3) is 0 Å². The van der Waals surface area contributed by atoms with Crippen molar-refractivity contribution in [2.75, 3.05) is 11.4 Å². The second-order valence-electron chi connectivity index (χ2n) is 8.03. The topological polar surface area (TPSA) is 49.4 Å². The molecule has 29 heavy (non-hydrogen) atoms. The molecule has 4 heteroatoms. The van der Waals surface area contributed by atoms with Crippen LogP contribution in [-0.2, 0) is 16.0 Å². The second-order valence-corrected chi connectivity index (χ2v) is 8.03. The summed E-state index contributed by atoms with van der Waals surface area (Å²) in [5.41, 5.74) is 3.37. The third-order valence-corrected chi connectivity index (χ3v) is 5.74. The smallest absolute Gasteiger partial charge is 0.250 e. The minimum atomic E-state index is -0.0188. The molecule has 0 spiro atoms. The zero-order valence-electron chi connectivity index (χ0n) is 16.7. The van der Waals surface area contributed by atoms with E-state index < -0.39 is 0 Å². The molecule has 1 N–H and O–H groups in total. The molecule has 0 aromatic heterocycles. The summed E-state index contributed by atoms with van der Waals surface area (Å²) in [6.45, 7) is 0.742. The number of nitrogens with one attached hydrogen (secondary N) is 1. The van der Waals surface area contributed by atoms with Gasteiger partial charge in [0.05, 0.1) is 6.04 Å². The minimum absolute atomic E-state index is 0.0188. The SMILES string of the molecule is O=C(CC1CC1)NC(CCC=CC(=O)N1CCc2ccccc21)c1ccccc1. The fraction of sp³-hybridized carbons (Fsp3) is 0.360. The average Bonchev–Trinajstić information content (AvgIpc) is 3.45. The van der Waals surface area contributed by atoms with Gasteiger partial charge in [-0.25, -0.2) is 0 Å². The molecule has 1 unspecified atom stereocenters. The Morgan fingerprint density at radius 2 is 1.83 bits per heavy atom. The van der Waals surface area contributed by atoms with Crippen molar-refractivity contribution in [2.45, 2.75) is 44.6 Å². The summed E-state index contributed by atoms with van der Waals surface area (Å²) in [7, 11) is 0. The van der Waals surface area contributed by atoms with Crippen molar-refractivity contribution in [1.29, 1.82) is 0 Å². The summed E-state index contributed by atoms with van der Waals surface area (Å²) >= 11 is 0. The molecule has 2 aromatic carbocycles. The molecule has 0 bridgehead atoms. The van der Waals surface area contributed by atoms with Gasteiger partial charge >= 0.3 is 0 Å². The largest absolute Gasteiger partial charge is 0.349 e. The van der Waals surface area contributed by atoms with E-state index in [4.69, 9.17) is 0 Å². The fourth-order valence-electron chi connectivity index (χ4n) is 3.95. The summed E-state index contributed by atoms with van der Waals surface area (Å²) in [5, 5.41) is 3.19. The van der Waals surface area contributed by atoms with Gasteiger partial charge in [0.1, 0.15) is 0 Å². The molecule has 4 nitrogen and oxygen atoms in total. The number of hydrogen-bond donors (Lipinski definition) is 1. The van der Waals surface area contributed by atoms with E-state index in [-0.39, 0.29) is 17.9 Å². The normalized spacial score (nSPS) is 16.6. The van der Waals surface area contributed by atoms with Gasteiger partial charge in [0, 0.05) is 18.7 Å². The molecule has 1 aliphatic heterocycles. The van der Waals surface area contributed by atoms with Gasteiger partial charge in [0.15, 0.2) is 0 Å². The highest BCUT2D eigenvalue weighted by molar-refractivity contribution is 6.02. The number of fused-ring (bicyclic) bond motifs is 1. The van der Waals surface area contributed by atoms with Crippen LogP contribution in [0.3, 0.4) is 0 Å². The maximum absolute atomic E-state index is 12.6. The first-order chi connectivity index (χ1) is 14.2. The van der Waals surface area contributed by atoms with Crippen LogP contribution in [-0.4, -0.2) is 18.4 Å². The van der Waals surface area contributed by atoms with Crippen LogP contribution in [0.4, 0.5) is 5.69 Å². The molecular weight excluding hydrogens is 360 g/mol. The Morgan fingerprint density at radius 1 is 1.07 bits per heavy atom. The molecule has 1 heterocycles. The van der Waals surface area contributed by atoms with Gasteiger partial charge < -0.3 is 10.2 Å². The zero-order valence-corrected chi connectivity index (χ0v) is 16.7. The summed E-state index contributed by atoms with van der Waals surface area (Å²) < 4.78 is 0. The lowest BCUT2D eigenvalue weighted by Gasteiger charge is -2.19. The number of para-hydroxylation sites is 1. The second kappa shape index (κ2) is 9.08. The first-order valence-corrected chi connectivity index (χ1v) is 10.6. The molecule has 1 fully saturated rings. The molecule has 2 aliphatic rings. The first-order valence-electron chi connectivity index (χ1n) is 10.6. The number of anilines is 1. The Bertz CT molecular complexity index is 887.